The second-order valence-electron chi connectivity index (χ2n) is 6.31. The van der Waals surface area contributed by atoms with E-state index in [0.717, 1.165) is 16.1 Å². The predicted molar refractivity (Wildman–Crippen MR) is 96.5 cm³/mol. The summed E-state index contributed by atoms with van der Waals surface area (Å²) in [6.45, 7) is 7.38. The Hall–Kier alpha value is -2.19. The third-order valence-corrected chi connectivity index (χ3v) is 5.70. The lowest BCUT2D eigenvalue weighted by atomic mass is 9.99. The summed E-state index contributed by atoms with van der Waals surface area (Å²) >= 11 is 0. The van der Waals surface area contributed by atoms with E-state index in [1.807, 2.05) is 6.07 Å². The first-order chi connectivity index (χ1) is 12.2. The molecular weight excluding hydrogens is 356 g/mol. The fraction of sp³-hybridized carbons (Fsp3) is 0.444. The third-order valence-electron chi connectivity index (χ3n) is 4.22. The molecule has 142 valence electrons. The first kappa shape index (κ1) is 20.1. The van der Waals surface area contributed by atoms with Crippen LogP contribution in [0.1, 0.15) is 37.8 Å². The SMILES string of the molecule is CCOC(=O)CC1=C(C)CCN(NS(=O)(=O)c2cc(C)ccc2C)C1=O. The van der Waals surface area contributed by atoms with E-state index in [-0.39, 0.29) is 30.0 Å². The first-order valence-corrected chi connectivity index (χ1v) is 9.90. The number of benzene rings is 1. The van der Waals surface area contributed by atoms with Crippen LogP contribution in [0.3, 0.4) is 0 Å². The number of hydrogen-bond acceptors (Lipinski definition) is 5. The Morgan fingerprint density at radius 3 is 2.62 bits per heavy atom. The van der Waals surface area contributed by atoms with Crippen LogP contribution in [0, 0.1) is 13.8 Å². The summed E-state index contributed by atoms with van der Waals surface area (Å²) in [5.74, 6) is -1.02. The molecule has 0 bridgehead atoms. The number of hydrogen-bond donors (Lipinski definition) is 1. The maximum absolute atomic E-state index is 12.7. The molecule has 7 nitrogen and oxygen atoms in total. The number of sulfonamides is 1. The molecule has 1 aliphatic heterocycles. The second-order valence-corrected chi connectivity index (χ2v) is 7.94. The molecule has 8 heteroatoms. The van der Waals surface area contributed by atoms with E-state index < -0.39 is 21.9 Å². The van der Waals surface area contributed by atoms with E-state index in [4.69, 9.17) is 4.74 Å². The zero-order valence-corrected chi connectivity index (χ0v) is 16.3. The molecule has 0 spiro atoms. The Kier molecular flexibility index (Phi) is 6.20. The summed E-state index contributed by atoms with van der Waals surface area (Å²) in [5, 5.41) is 1.05. The van der Waals surface area contributed by atoms with Crippen LogP contribution in [0.4, 0.5) is 0 Å². The number of carbonyl (C=O) groups excluding carboxylic acids is 2. The van der Waals surface area contributed by atoms with E-state index >= 15 is 0 Å². The number of hydrazine groups is 1. The number of ether oxygens (including phenoxy) is 1. The highest BCUT2D eigenvalue weighted by atomic mass is 32.2. The van der Waals surface area contributed by atoms with Crippen LogP contribution in [0.5, 0.6) is 0 Å². The molecule has 1 aromatic rings. The molecule has 1 aromatic carbocycles. The molecule has 0 saturated carbocycles. The van der Waals surface area contributed by atoms with Crippen LogP contribution in [0.15, 0.2) is 34.2 Å². The van der Waals surface area contributed by atoms with Gasteiger partial charge >= 0.3 is 5.97 Å². The molecular formula is C18H24N2O5S. The van der Waals surface area contributed by atoms with Gasteiger partial charge in [0.1, 0.15) is 0 Å². The van der Waals surface area contributed by atoms with Gasteiger partial charge in [-0.15, -0.1) is 4.83 Å². The zero-order chi connectivity index (χ0) is 19.5. The summed E-state index contributed by atoms with van der Waals surface area (Å²) < 4.78 is 30.3. The number of nitrogens with zero attached hydrogens (tertiary/aromatic N) is 1. The molecule has 1 heterocycles. The normalized spacial score (nSPS) is 15.4. The maximum atomic E-state index is 12.7. The van der Waals surface area contributed by atoms with Crippen molar-refractivity contribution >= 4 is 21.9 Å². The van der Waals surface area contributed by atoms with Crippen molar-refractivity contribution in [2.45, 2.75) is 45.4 Å². The Labute approximate surface area is 154 Å². The van der Waals surface area contributed by atoms with Crippen molar-refractivity contribution < 1.29 is 22.7 Å². The Balaban J connectivity index is 2.23. The number of carbonyl (C=O) groups is 2. The highest BCUT2D eigenvalue weighted by molar-refractivity contribution is 7.89. The fourth-order valence-corrected chi connectivity index (χ4v) is 4.13. The number of amides is 1. The van der Waals surface area contributed by atoms with Gasteiger partial charge in [0.2, 0.25) is 0 Å². The average Bonchev–Trinajstić information content (AvgIpc) is 2.56. The van der Waals surface area contributed by atoms with E-state index in [2.05, 4.69) is 4.83 Å². The summed E-state index contributed by atoms with van der Waals surface area (Å²) in [7, 11) is -3.91. The summed E-state index contributed by atoms with van der Waals surface area (Å²) in [6.07, 6.45) is 0.315. The van der Waals surface area contributed by atoms with Gasteiger partial charge in [-0.3, -0.25) is 14.6 Å². The van der Waals surface area contributed by atoms with Crippen LogP contribution in [-0.2, 0) is 24.3 Å². The molecule has 0 aliphatic carbocycles. The van der Waals surface area contributed by atoms with Crippen molar-refractivity contribution in [3.05, 3.63) is 40.5 Å². The average molecular weight is 380 g/mol. The molecule has 26 heavy (non-hydrogen) atoms. The van der Waals surface area contributed by atoms with Crippen LogP contribution in [0.25, 0.3) is 0 Å². The van der Waals surface area contributed by atoms with Gasteiger partial charge in [0, 0.05) is 12.1 Å². The van der Waals surface area contributed by atoms with E-state index in [1.54, 1.807) is 39.8 Å². The van der Waals surface area contributed by atoms with Crippen molar-refractivity contribution in [2.24, 2.45) is 0 Å². The molecule has 0 atom stereocenters. The molecule has 0 radical (unpaired) electrons. The van der Waals surface area contributed by atoms with E-state index in [9.17, 15) is 18.0 Å². The van der Waals surface area contributed by atoms with Crippen LogP contribution in [-0.4, -0.2) is 38.5 Å². The monoisotopic (exact) mass is 380 g/mol. The van der Waals surface area contributed by atoms with Gasteiger partial charge in [-0.05, 0) is 51.3 Å². The molecule has 0 saturated heterocycles. The van der Waals surface area contributed by atoms with Gasteiger partial charge in [0.25, 0.3) is 15.9 Å². The lowest BCUT2D eigenvalue weighted by Crippen LogP contribution is -2.49. The second kappa shape index (κ2) is 8.01. The summed E-state index contributed by atoms with van der Waals surface area (Å²) in [4.78, 5) is 26.9. The van der Waals surface area contributed by atoms with Gasteiger partial charge in [-0.1, -0.05) is 17.7 Å². The van der Waals surface area contributed by atoms with Crippen molar-refractivity contribution in [3.63, 3.8) is 0 Å². The van der Waals surface area contributed by atoms with Crippen molar-refractivity contribution in [2.75, 3.05) is 13.2 Å². The maximum Gasteiger partial charge on any atom is 0.310 e. The Morgan fingerprint density at radius 1 is 1.27 bits per heavy atom. The lowest BCUT2D eigenvalue weighted by molar-refractivity contribution is -0.143. The highest BCUT2D eigenvalue weighted by Crippen LogP contribution is 2.23. The minimum absolute atomic E-state index is 0.128. The van der Waals surface area contributed by atoms with Crippen molar-refractivity contribution in [1.29, 1.82) is 0 Å². The molecule has 0 unspecified atom stereocenters. The summed E-state index contributed by atoms with van der Waals surface area (Å²) in [5.41, 5.74) is 2.44. The summed E-state index contributed by atoms with van der Waals surface area (Å²) in [6, 6.07) is 5.11. The number of nitrogens with one attached hydrogen (secondary N) is 1. The van der Waals surface area contributed by atoms with Crippen molar-refractivity contribution in [1.82, 2.24) is 9.84 Å². The lowest BCUT2D eigenvalue weighted by Gasteiger charge is -2.29. The minimum Gasteiger partial charge on any atom is -0.466 e. The van der Waals surface area contributed by atoms with E-state index in [1.165, 1.54) is 0 Å². The number of rotatable bonds is 6. The zero-order valence-electron chi connectivity index (χ0n) is 15.5. The van der Waals surface area contributed by atoms with Crippen LogP contribution in [0.2, 0.25) is 0 Å². The molecule has 1 aliphatic rings. The van der Waals surface area contributed by atoms with Crippen molar-refractivity contribution in [3.8, 4) is 0 Å². The van der Waals surface area contributed by atoms with Gasteiger partial charge in [0.05, 0.1) is 17.9 Å². The Bertz CT molecular complexity index is 858. The topological polar surface area (TPSA) is 92.8 Å². The molecule has 0 fully saturated rings. The van der Waals surface area contributed by atoms with Crippen LogP contribution >= 0.6 is 0 Å². The number of aryl methyl sites for hydroxylation is 2. The quantitative estimate of drug-likeness (QED) is 0.762. The van der Waals surface area contributed by atoms with Crippen LogP contribution < -0.4 is 4.83 Å². The first-order valence-electron chi connectivity index (χ1n) is 8.41. The molecule has 1 N–H and O–H groups in total. The minimum atomic E-state index is -3.91. The molecule has 0 aromatic heterocycles. The standard InChI is InChI=1S/C18H24N2O5S/c1-5-25-17(21)11-15-13(3)8-9-20(18(15)22)19-26(23,24)16-10-12(2)6-7-14(16)4/h6-7,10,19H,5,8-9,11H2,1-4H3. The predicted octanol–water partition coefficient (Wildman–Crippen LogP) is 2.00. The molecule has 2 rings (SSSR count). The van der Waals surface area contributed by atoms with Gasteiger partial charge in [-0.2, -0.15) is 0 Å². The van der Waals surface area contributed by atoms with Gasteiger partial charge in [-0.25, -0.2) is 8.42 Å². The third kappa shape index (κ3) is 4.50. The van der Waals surface area contributed by atoms with Gasteiger partial charge in [0.15, 0.2) is 0 Å². The largest absolute Gasteiger partial charge is 0.466 e. The van der Waals surface area contributed by atoms with E-state index in [0.29, 0.717) is 12.0 Å². The highest BCUT2D eigenvalue weighted by Gasteiger charge is 2.31. The number of esters is 1. The molecule has 1 amide bonds. The Morgan fingerprint density at radius 2 is 1.96 bits per heavy atom. The smallest absolute Gasteiger partial charge is 0.310 e. The van der Waals surface area contributed by atoms with Gasteiger partial charge < -0.3 is 4.74 Å². The fourth-order valence-electron chi connectivity index (χ4n) is 2.74.